The minimum atomic E-state index is -0.730. The predicted octanol–water partition coefficient (Wildman–Crippen LogP) is 4.98. The van der Waals surface area contributed by atoms with Crippen molar-refractivity contribution in [3.05, 3.63) is 68.9 Å². The van der Waals surface area contributed by atoms with Crippen LogP contribution in [0.2, 0.25) is 15.1 Å². The van der Waals surface area contributed by atoms with Crippen molar-refractivity contribution in [3.63, 3.8) is 0 Å². The number of anilines is 1. The van der Waals surface area contributed by atoms with E-state index in [4.69, 9.17) is 39.5 Å². The van der Waals surface area contributed by atoms with Gasteiger partial charge in [0.15, 0.2) is 6.61 Å². The quantitative estimate of drug-likeness (QED) is 0.567. The molecule has 0 fully saturated rings. The molecule has 0 saturated carbocycles. The molecule has 0 aliphatic rings. The van der Waals surface area contributed by atoms with E-state index in [1.165, 1.54) is 18.2 Å². The highest BCUT2D eigenvalue weighted by Gasteiger charge is 2.09. The van der Waals surface area contributed by atoms with Crippen LogP contribution in [0.5, 0.6) is 0 Å². The summed E-state index contributed by atoms with van der Waals surface area (Å²) in [7, 11) is 0. The monoisotopic (exact) mass is 401 g/mol. The normalized spacial score (nSPS) is 10.7. The lowest BCUT2D eigenvalue weighted by atomic mass is 10.2. The van der Waals surface area contributed by atoms with Gasteiger partial charge in [-0.05, 0) is 42.0 Å². The maximum Gasteiger partial charge on any atom is 0.331 e. The maximum atomic E-state index is 12.9. The van der Waals surface area contributed by atoms with Gasteiger partial charge in [-0.2, -0.15) is 0 Å². The van der Waals surface area contributed by atoms with Crippen LogP contribution in [0.25, 0.3) is 6.08 Å². The Labute approximate surface area is 158 Å². The van der Waals surface area contributed by atoms with Crippen molar-refractivity contribution in [3.8, 4) is 0 Å². The van der Waals surface area contributed by atoms with Crippen LogP contribution in [-0.4, -0.2) is 18.5 Å². The van der Waals surface area contributed by atoms with Crippen molar-refractivity contribution in [2.75, 3.05) is 11.9 Å². The molecule has 130 valence electrons. The van der Waals surface area contributed by atoms with Gasteiger partial charge in [-0.3, -0.25) is 4.79 Å². The minimum Gasteiger partial charge on any atom is -0.452 e. The highest BCUT2D eigenvalue weighted by atomic mass is 35.5. The van der Waals surface area contributed by atoms with E-state index in [0.717, 1.165) is 18.2 Å². The zero-order chi connectivity index (χ0) is 18.4. The predicted molar refractivity (Wildman–Crippen MR) is 96.5 cm³/mol. The molecule has 0 aromatic heterocycles. The molecule has 0 saturated heterocycles. The molecule has 0 atom stereocenters. The summed E-state index contributed by atoms with van der Waals surface area (Å²) in [6, 6.07) is 8.30. The Morgan fingerprint density at radius 2 is 1.84 bits per heavy atom. The third-order valence-corrected chi connectivity index (χ3v) is 3.79. The molecule has 0 unspecified atom stereocenters. The number of nitrogens with one attached hydrogen (secondary N) is 1. The molecule has 0 spiro atoms. The molecule has 4 nitrogen and oxygen atoms in total. The van der Waals surface area contributed by atoms with Crippen molar-refractivity contribution in [2.24, 2.45) is 0 Å². The molecule has 0 heterocycles. The van der Waals surface area contributed by atoms with Crippen molar-refractivity contribution < 1.29 is 18.7 Å². The lowest BCUT2D eigenvalue weighted by molar-refractivity contribution is -0.142. The van der Waals surface area contributed by atoms with Gasteiger partial charge >= 0.3 is 5.97 Å². The average Bonchev–Trinajstić information content (AvgIpc) is 2.55. The number of carbonyl (C=O) groups excluding carboxylic acids is 2. The van der Waals surface area contributed by atoms with E-state index in [0.29, 0.717) is 15.6 Å². The van der Waals surface area contributed by atoms with Gasteiger partial charge in [-0.15, -0.1) is 0 Å². The standard InChI is InChI=1S/C17H11Cl3FNO3/c18-11-3-1-10(13(19)7-11)2-6-17(24)25-9-16(23)22-15-5-4-12(21)8-14(15)20/h1-8H,9H2,(H,22,23)/b6-2+. The van der Waals surface area contributed by atoms with E-state index in [9.17, 15) is 14.0 Å². The van der Waals surface area contributed by atoms with Gasteiger partial charge in [0.2, 0.25) is 0 Å². The van der Waals surface area contributed by atoms with Gasteiger partial charge in [0.1, 0.15) is 5.82 Å². The molecule has 0 bridgehead atoms. The third kappa shape index (κ3) is 6.05. The van der Waals surface area contributed by atoms with E-state index >= 15 is 0 Å². The smallest absolute Gasteiger partial charge is 0.331 e. The first-order valence-corrected chi connectivity index (χ1v) is 8.03. The Balaban J connectivity index is 1.86. The number of amides is 1. The summed E-state index contributed by atoms with van der Waals surface area (Å²) in [4.78, 5) is 23.3. The Hall–Kier alpha value is -2.08. The summed E-state index contributed by atoms with van der Waals surface area (Å²) in [6.07, 6.45) is 2.57. The van der Waals surface area contributed by atoms with Gasteiger partial charge in [0.05, 0.1) is 10.7 Å². The van der Waals surface area contributed by atoms with Crippen molar-refractivity contribution in [1.29, 1.82) is 0 Å². The van der Waals surface area contributed by atoms with Crippen LogP contribution < -0.4 is 5.32 Å². The molecule has 0 aliphatic carbocycles. The third-order valence-electron chi connectivity index (χ3n) is 2.91. The first kappa shape index (κ1) is 19.2. The number of ether oxygens (including phenoxy) is 1. The van der Waals surface area contributed by atoms with E-state index in [1.807, 2.05) is 0 Å². The number of carbonyl (C=O) groups is 2. The number of rotatable bonds is 5. The van der Waals surface area contributed by atoms with Gasteiger partial charge in [-0.25, -0.2) is 9.18 Å². The van der Waals surface area contributed by atoms with Crippen LogP contribution >= 0.6 is 34.8 Å². The summed E-state index contributed by atoms with van der Waals surface area (Å²) in [5.41, 5.74) is 0.790. The molecular formula is C17H11Cl3FNO3. The fourth-order valence-electron chi connectivity index (χ4n) is 1.76. The van der Waals surface area contributed by atoms with Gasteiger partial charge in [0, 0.05) is 16.1 Å². The zero-order valence-electron chi connectivity index (χ0n) is 12.6. The highest BCUT2D eigenvalue weighted by molar-refractivity contribution is 6.35. The highest BCUT2D eigenvalue weighted by Crippen LogP contribution is 2.23. The van der Waals surface area contributed by atoms with Gasteiger partial charge in [-0.1, -0.05) is 40.9 Å². The molecule has 25 heavy (non-hydrogen) atoms. The van der Waals surface area contributed by atoms with Crippen molar-refractivity contribution in [2.45, 2.75) is 0 Å². The number of hydrogen-bond acceptors (Lipinski definition) is 3. The minimum absolute atomic E-state index is 0.0388. The zero-order valence-corrected chi connectivity index (χ0v) is 14.8. The van der Waals surface area contributed by atoms with Crippen LogP contribution in [-0.2, 0) is 14.3 Å². The first-order chi connectivity index (χ1) is 11.8. The SMILES string of the molecule is O=C(COC(=O)/C=C/c1ccc(Cl)cc1Cl)Nc1ccc(F)cc1Cl. The van der Waals surface area contributed by atoms with Crippen LogP contribution in [0.3, 0.4) is 0 Å². The molecule has 8 heteroatoms. The summed E-state index contributed by atoms with van der Waals surface area (Å²) in [5.74, 6) is -1.87. The Morgan fingerprint density at radius 1 is 1.08 bits per heavy atom. The molecule has 0 radical (unpaired) electrons. The Morgan fingerprint density at radius 3 is 2.52 bits per heavy atom. The molecule has 2 rings (SSSR count). The first-order valence-electron chi connectivity index (χ1n) is 6.90. The molecule has 1 amide bonds. The van der Waals surface area contributed by atoms with Crippen LogP contribution in [0.1, 0.15) is 5.56 Å². The van der Waals surface area contributed by atoms with Crippen molar-refractivity contribution >= 4 is 58.4 Å². The summed E-state index contributed by atoms with van der Waals surface area (Å²) in [5, 5.41) is 3.29. The van der Waals surface area contributed by atoms with E-state index in [2.05, 4.69) is 5.32 Å². The topological polar surface area (TPSA) is 55.4 Å². The fourth-order valence-corrected chi connectivity index (χ4v) is 2.44. The van der Waals surface area contributed by atoms with E-state index in [-0.39, 0.29) is 10.7 Å². The van der Waals surface area contributed by atoms with Crippen LogP contribution in [0.4, 0.5) is 10.1 Å². The lowest BCUT2D eigenvalue weighted by Gasteiger charge is -2.07. The summed E-state index contributed by atoms with van der Waals surface area (Å²) < 4.78 is 17.7. The Kier molecular flexibility index (Phi) is 6.82. The summed E-state index contributed by atoms with van der Waals surface area (Å²) >= 11 is 17.5. The number of esters is 1. The molecule has 1 N–H and O–H groups in total. The van der Waals surface area contributed by atoms with Crippen LogP contribution in [0.15, 0.2) is 42.5 Å². The van der Waals surface area contributed by atoms with E-state index in [1.54, 1.807) is 12.1 Å². The van der Waals surface area contributed by atoms with Gasteiger partial charge in [0.25, 0.3) is 5.91 Å². The van der Waals surface area contributed by atoms with Gasteiger partial charge < -0.3 is 10.1 Å². The van der Waals surface area contributed by atoms with Crippen molar-refractivity contribution in [1.82, 2.24) is 0 Å². The molecule has 2 aromatic carbocycles. The second-order valence-electron chi connectivity index (χ2n) is 4.78. The number of benzene rings is 2. The molecule has 0 aliphatic heterocycles. The fraction of sp³-hybridized carbons (Fsp3) is 0.0588. The largest absolute Gasteiger partial charge is 0.452 e. The molecular weight excluding hydrogens is 392 g/mol. The lowest BCUT2D eigenvalue weighted by Crippen LogP contribution is -2.20. The second kappa shape index (κ2) is 8.85. The van der Waals surface area contributed by atoms with Crippen LogP contribution in [0, 0.1) is 5.82 Å². The summed E-state index contributed by atoms with van der Waals surface area (Å²) in [6.45, 7) is -0.523. The second-order valence-corrected chi connectivity index (χ2v) is 6.03. The molecule has 2 aromatic rings. The van der Waals surface area contributed by atoms with E-state index < -0.39 is 24.3 Å². The number of halogens is 4. The number of hydrogen-bond donors (Lipinski definition) is 1. The maximum absolute atomic E-state index is 12.9. The Bertz CT molecular complexity index is 840. The average molecular weight is 403 g/mol.